The minimum Gasteiger partial charge on any atom is -0.497 e. The van der Waals surface area contributed by atoms with Gasteiger partial charge in [0.1, 0.15) is 16.8 Å². The number of aromatic nitrogens is 3. The van der Waals surface area contributed by atoms with Crippen LogP contribution in [0.5, 0.6) is 5.75 Å². The Morgan fingerprint density at radius 3 is 2.63 bits per heavy atom. The van der Waals surface area contributed by atoms with Crippen molar-refractivity contribution in [3.05, 3.63) is 107 Å². The van der Waals surface area contributed by atoms with Crippen LogP contribution in [-0.2, 0) is 17.8 Å². The minimum absolute atomic E-state index is 0.110. The zero-order valence-electron chi connectivity index (χ0n) is 21.2. The van der Waals surface area contributed by atoms with Crippen molar-refractivity contribution in [2.45, 2.75) is 25.0 Å². The molecule has 0 fully saturated rings. The number of nitrogens with one attached hydrogen (secondary N) is 2. The molecule has 2 heterocycles. The molecular formula is C30H28N4O3S. The summed E-state index contributed by atoms with van der Waals surface area (Å²) in [6, 6.07) is 25.2. The lowest BCUT2D eigenvalue weighted by Crippen LogP contribution is -2.25. The average Bonchev–Trinajstić information content (AvgIpc) is 3.38. The standard InChI is InChI=1S/C30H28N4O3S/c1-3-21-11-7-8-15-25(21)32-26(35)19-38-30-33-27-24(22-12-5-4-6-13-22)17-31-28(27)29(36)34(30)18-20-10-9-14-23(16-20)37-2/h4-17,31H,3,18-19H2,1-2H3,(H,32,35). The van der Waals surface area contributed by atoms with E-state index < -0.39 is 0 Å². The molecule has 0 atom stereocenters. The third-order valence-corrected chi connectivity index (χ3v) is 7.29. The smallest absolute Gasteiger partial charge is 0.278 e. The summed E-state index contributed by atoms with van der Waals surface area (Å²) in [4.78, 5) is 34.7. The number of benzene rings is 3. The largest absolute Gasteiger partial charge is 0.497 e. The van der Waals surface area contributed by atoms with E-state index in [1.165, 1.54) is 11.8 Å². The number of carbonyl (C=O) groups excluding carboxylic acids is 1. The highest BCUT2D eigenvalue weighted by atomic mass is 32.2. The second kappa shape index (κ2) is 11.4. The highest BCUT2D eigenvalue weighted by Crippen LogP contribution is 2.28. The van der Waals surface area contributed by atoms with Gasteiger partial charge in [0.25, 0.3) is 5.56 Å². The van der Waals surface area contributed by atoms with Crippen LogP contribution in [0.15, 0.2) is 95.0 Å². The molecule has 5 aromatic rings. The number of hydrogen-bond acceptors (Lipinski definition) is 5. The fourth-order valence-corrected chi connectivity index (χ4v) is 5.17. The van der Waals surface area contributed by atoms with Crippen molar-refractivity contribution in [3.8, 4) is 16.9 Å². The van der Waals surface area contributed by atoms with Crippen molar-refractivity contribution in [2.75, 3.05) is 18.2 Å². The maximum Gasteiger partial charge on any atom is 0.278 e. The fraction of sp³-hybridized carbons (Fsp3) is 0.167. The van der Waals surface area contributed by atoms with Gasteiger partial charge in [-0.1, -0.05) is 79.3 Å². The van der Waals surface area contributed by atoms with Gasteiger partial charge in [-0.25, -0.2) is 4.98 Å². The molecule has 8 heteroatoms. The number of aromatic amines is 1. The first kappa shape index (κ1) is 25.4. The SMILES string of the molecule is CCc1ccccc1NC(=O)CSc1nc2c(-c3ccccc3)c[nH]c2c(=O)n1Cc1cccc(OC)c1. The molecule has 0 saturated heterocycles. The molecule has 0 unspecified atom stereocenters. The van der Waals surface area contributed by atoms with Crippen molar-refractivity contribution >= 4 is 34.4 Å². The summed E-state index contributed by atoms with van der Waals surface area (Å²) in [7, 11) is 1.61. The van der Waals surface area contributed by atoms with Gasteiger partial charge in [-0.2, -0.15) is 0 Å². The van der Waals surface area contributed by atoms with Crippen LogP contribution in [0.4, 0.5) is 5.69 Å². The van der Waals surface area contributed by atoms with Gasteiger partial charge in [0.15, 0.2) is 5.16 Å². The van der Waals surface area contributed by atoms with Gasteiger partial charge in [0.2, 0.25) is 5.91 Å². The Kier molecular flexibility index (Phi) is 7.60. The number of H-pyrrole nitrogens is 1. The van der Waals surface area contributed by atoms with E-state index in [1.807, 2.05) is 85.1 Å². The number of para-hydroxylation sites is 1. The molecule has 0 aliphatic rings. The molecule has 0 radical (unpaired) electrons. The lowest BCUT2D eigenvalue weighted by molar-refractivity contribution is -0.113. The van der Waals surface area contributed by atoms with E-state index >= 15 is 0 Å². The number of fused-ring (bicyclic) bond motifs is 1. The van der Waals surface area contributed by atoms with E-state index in [0.29, 0.717) is 28.5 Å². The fourth-order valence-electron chi connectivity index (χ4n) is 4.38. The molecule has 1 amide bonds. The number of methoxy groups -OCH3 is 1. The zero-order chi connectivity index (χ0) is 26.5. The maximum absolute atomic E-state index is 13.7. The van der Waals surface area contributed by atoms with Crippen LogP contribution in [0.2, 0.25) is 0 Å². The number of rotatable bonds is 9. The monoisotopic (exact) mass is 524 g/mol. The van der Waals surface area contributed by atoms with Crippen LogP contribution in [0.25, 0.3) is 22.2 Å². The molecule has 0 aliphatic heterocycles. The molecule has 2 N–H and O–H groups in total. The van der Waals surface area contributed by atoms with Crippen molar-refractivity contribution in [1.82, 2.24) is 14.5 Å². The summed E-state index contributed by atoms with van der Waals surface area (Å²) in [5.74, 6) is 0.661. The number of nitrogens with zero attached hydrogens (tertiary/aromatic N) is 2. The quantitative estimate of drug-likeness (QED) is 0.190. The highest BCUT2D eigenvalue weighted by molar-refractivity contribution is 7.99. The first-order chi connectivity index (χ1) is 18.6. The number of anilines is 1. The van der Waals surface area contributed by atoms with E-state index in [9.17, 15) is 9.59 Å². The number of hydrogen-bond donors (Lipinski definition) is 2. The van der Waals surface area contributed by atoms with Gasteiger partial charge >= 0.3 is 0 Å². The van der Waals surface area contributed by atoms with Crippen LogP contribution >= 0.6 is 11.8 Å². The Morgan fingerprint density at radius 1 is 1.05 bits per heavy atom. The summed E-state index contributed by atoms with van der Waals surface area (Å²) < 4.78 is 6.97. The van der Waals surface area contributed by atoms with Crippen LogP contribution < -0.4 is 15.6 Å². The maximum atomic E-state index is 13.7. The van der Waals surface area contributed by atoms with Gasteiger partial charge in [0.05, 0.1) is 19.4 Å². The molecule has 7 nitrogen and oxygen atoms in total. The molecule has 0 aliphatic carbocycles. The van der Waals surface area contributed by atoms with Gasteiger partial charge < -0.3 is 15.0 Å². The van der Waals surface area contributed by atoms with Crippen molar-refractivity contribution < 1.29 is 9.53 Å². The number of carbonyl (C=O) groups is 1. The molecule has 3 aromatic carbocycles. The molecule has 192 valence electrons. The Balaban J connectivity index is 1.51. The minimum atomic E-state index is -0.195. The Labute approximate surface area is 224 Å². The average molecular weight is 525 g/mol. The Bertz CT molecular complexity index is 1640. The van der Waals surface area contributed by atoms with E-state index in [-0.39, 0.29) is 17.2 Å². The van der Waals surface area contributed by atoms with Gasteiger partial charge in [-0.3, -0.25) is 14.2 Å². The molecular weight excluding hydrogens is 496 g/mol. The van der Waals surface area contributed by atoms with E-state index in [0.717, 1.165) is 34.4 Å². The van der Waals surface area contributed by atoms with Crippen LogP contribution in [-0.4, -0.2) is 33.3 Å². The molecule has 38 heavy (non-hydrogen) atoms. The van der Waals surface area contributed by atoms with E-state index in [1.54, 1.807) is 11.7 Å². The summed E-state index contributed by atoms with van der Waals surface area (Å²) in [5, 5.41) is 3.48. The van der Waals surface area contributed by atoms with Crippen molar-refractivity contribution in [2.24, 2.45) is 0 Å². The number of aryl methyl sites for hydroxylation is 1. The third kappa shape index (κ3) is 5.35. The topological polar surface area (TPSA) is 89.0 Å². The first-order valence-corrected chi connectivity index (χ1v) is 13.4. The van der Waals surface area contributed by atoms with Gasteiger partial charge in [-0.15, -0.1) is 0 Å². The first-order valence-electron chi connectivity index (χ1n) is 12.4. The summed E-state index contributed by atoms with van der Waals surface area (Å²) >= 11 is 1.25. The number of thioether (sulfide) groups is 1. The zero-order valence-corrected chi connectivity index (χ0v) is 22.0. The van der Waals surface area contributed by atoms with Gasteiger partial charge in [0, 0.05) is 17.4 Å². The molecule has 5 rings (SSSR count). The summed E-state index contributed by atoms with van der Waals surface area (Å²) in [5.41, 5.74) is 5.38. The summed E-state index contributed by atoms with van der Waals surface area (Å²) in [6.07, 6.45) is 2.63. The number of ether oxygens (including phenoxy) is 1. The number of amides is 1. The second-order valence-electron chi connectivity index (χ2n) is 8.78. The van der Waals surface area contributed by atoms with Crippen molar-refractivity contribution in [3.63, 3.8) is 0 Å². The molecule has 0 spiro atoms. The summed E-state index contributed by atoms with van der Waals surface area (Å²) in [6.45, 7) is 2.35. The lowest BCUT2D eigenvalue weighted by atomic mass is 10.1. The van der Waals surface area contributed by atoms with E-state index in [2.05, 4.69) is 17.2 Å². The third-order valence-electron chi connectivity index (χ3n) is 6.31. The lowest BCUT2D eigenvalue weighted by Gasteiger charge is -2.14. The second-order valence-corrected chi connectivity index (χ2v) is 9.72. The molecule has 2 aromatic heterocycles. The highest BCUT2D eigenvalue weighted by Gasteiger charge is 2.18. The predicted molar refractivity (Wildman–Crippen MR) is 153 cm³/mol. The van der Waals surface area contributed by atoms with Crippen LogP contribution in [0, 0.1) is 0 Å². The van der Waals surface area contributed by atoms with Crippen LogP contribution in [0.3, 0.4) is 0 Å². The molecule has 0 bridgehead atoms. The predicted octanol–water partition coefficient (Wildman–Crippen LogP) is 5.74. The molecule has 0 saturated carbocycles. The van der Waals surface area contributed by atoms with Crippen molar-refractivity contribution in [1.29, 1.82) is 0 Å². The van der Waals surface area contributed by atoms with Crippen LogP contribution in [0.1, 0.15) is 18.1 Å². The van der Waals surface area contributed by atoms with Gasteiger partial charge in [-0.05, 0) is 41.3 Å². The van der Waals surface area contributed by atoms with E-state index in [4.69, 9.17) is 9.72 Å². The Morgan fingerprint density at radius 2 is 1.84 bits per heavy atom. The Hall–Kier alpha value is -4.30. The normalized spacial score (nSPS) is 11.0.